The highest BCUT2D eigenvalue weighted by Gasteiger charge is 2.36. The van der Waals surface area contributed by atoms with E-state index in [1.54, 1.807) is 0 Å². The smallest absolute Gasteiger partial charge is 0.223 e. The first-order chi connectivity index (χ1) is 9.74. The minimum Gasteiger partial charge on any atom is -0.339 e. The summed E-state index contributed by atoms with van der Waals surface area (Å²) in [5.41, 5.74) is 6.13. The van der Waals surface area contributed by atoms with Crippen molar-refractivity contribution in [1.82, 2.24) is 4.90 Å². The van der Waals surface area contributed by atoms with Gasteiger partial charge in [0.1, 0.15) is 0 Å². The fourth-order valence-electron chi connectivity index (χ4n) is 4.15. The molecule has 3 saturated carbocycles. The van der Waals surface area contributed by atoms with Crippen molar-refractivity contribution in [2.24, 2.45) is 17.6 Å². The van der Waals surface area contributed by atoms with Gasteiger partial charge in [-0.15, -0.1) is 12.4 Å². The summed E-state index contributed by atoms with van der Waals surface area (Å²) >= 11 is 0. The van der Waals surface area contributed by atoms with E-state index >= 15 is 0 Å². The molecule has 3 aliphatic rings. The molecule has 3 rings (SSSR count). The van der Waals surface area contributed by atoms with Crippen LogP contribution in [0.15, 0.2) is 0 Å². The molecule has 0 spiro atoms. The predicted molar refractivity (Wildman–Crippen MR) is 88.5 cm³/mol. The van der Waals surface area contributed by atoms with E-state index in [9.17, 15) is 4.79 Å². The topological polar surface area (TPSA) is 46.3 Å². The Bertz CT molecular complexity index is 340. The Labute approximate surface area is 135 Å². The number of hydrogen-bond acceptors (Lipinski definition) is 2. The van der Waals surface area contributed by atoms with Crippen molar-refractivity contribution in [2.75, 3.05) is 6.54 Å². The molecule has 0 bridgehead atoms. The molecule has 0 saturated heterocycles. The number of carbonyl (C=O) groups excluding carboxylic acids is 1. The van der Waals surface area contributed by atoms with Gasteiger partial charge in [0, 0.05) is 25.0 Å². The predicted octanol–water partition coefficient (Wildman–Crippen LogP) is 3.50. The second-order valence-electron chi connectivity index (χ2n) is 7.34. The van der Waals surface area contributed by atoms with Gasteiger partial charge >= 0.3 is 0 Å². The lowest BCUT2D eigenvalue weighted by atomic mass is 9.88. The summed E-state index contributed by atoms with van der Waals surface area (Å²) < 4.78 is 0. The molecular weight excluding hydrogens is 284 g/mol. The number of hydrogen-bond donors (Lipinski definition) is 1. The number of nitrogens with two attached hydrogens (primary N) is 1. The Kier molecular flexibility index (Phi) is 6.36. The Balaban J connectivity index is 0.00000161. The molecular formula is C17H31ClN2O. The standard InChI is InChI=1S/C17H30N2O.ClH/c18-16-8-4-7-14(16)11-17(20)19(15-9-10-15)12-13-5-2-1-3-6-13;/h13-16H,1-12,18H2;1H/t14-,16+;/m0./s1. The van der Waals surface area contributed by atoms with Crippen molar-refractivity contribution < 1.29 is 4.79 Å². The van der Waals surface area contributed by atoms with Crippen molar-refractivity contribution >= 4 is 18.3 Å². The third-order valence-electron chi connectivity index (χ3n) is 5.64. The van der Waals surface area contributed by atoms with Gasteiger partial charge < -0.3 is 10.6 Å². The molecule has 3 aliphatic carbocycles. The monoisotopic (exact) mass is 314 g/mol. The first-order valence-corrected chi connectivity index (χ1v) is 8.79. The average Bonchev–Trinajstić information content (AvgIpc) is 3.22. The minimum atomic E-state index is 0. The highest BCUT2D eigenvalue weighted by Crippen LogP contribution is 2.34. The number of nitrogens with zero attached hydrogens (tertiary/aromatic N) is 1. The molecule has 0 aromatic rings. The van der Waals surface area contributed by atoms with Crippen LogP contribution in [-0.4, -0.2) is 29.4 Å². The van der Waals surface area contributed by atoms with Gasteiger partial charge in [-0.05, 0) is 50.4 Å². The van der Waals surface area contributed by atoms with Crippen LogP contribution < -0.4 is 5.73 Å². The molecule has 122 valence electrons. The normalized spacial score (nSPS) is 30.0. The molecule has 2 N–H and O–H groups in total. The Morgan fingerprint density at radius 2 is 1.67 bits per heavy atom. The molecule has 0 radical (unpaired) electrons. The molecule has 3 nitrogen and oxygen atoms in total. The first kappa shape index (κ1) is 17.1. The molecule has 21 heavy (non-hydrogen) atoms. The Hall–Kier alpha value is -0.280. The molecule has 0 aromatic heterocycles. The zero-order valence-electron chi connectivity index (χ0n) is 13.1. The van der Waals surface area contributed by atoms with Gasteiger partial charge in [0.2, 0.25) is 5.91 Å². The summed E-state index contributed by atoms with van der Waals surface area (Å²) in [6.07, 6.45) is 13.5. The maximum Gasteiger partial charge on any atom is 0.223 e. The van der Waals surface area contributed by atoms with Crippen LogP contribution in [0.4, 0.5) is 0 Å². The van der Waals surface area contributed by atoms with E-state index in [4.69, 9.17) is 5.73 Å². The van der Waals surface area contributed by atoms with Gasteiger partial charge in [-0.3, -0.25) is 4.79 Å². The third kappa shape index (κ3) is 4.59. The third-order valence-corrected chi connectivity index (χ3v) is 5.64. The van der Waals surface area contributed by atoms with Crippen molar-refractivity contribution in [1.29, 1.82) is 0 Å². The fourth-order valence-corrected chi connectivity index (χ4v) is 4.15. The van der Waals surface area contributed by atoms with E-state index in [1.165, 1.54) is 51.4 Å². The number of rotatable bonds is 5. The van der Waals surface area contributed by atoms with Gasteiger partial charge in [0.05, 0.1) is 0 Å². The van der Waals surface area contributed by atoms with Crippen LogP contribution in [0, 0.1) is 11.8 Å². The van der Waals surface area contributed by atoms with Crippen LogP contribution in [0.2, 0.25) is 0 Å². The van der Waals surface area contributed by atoms with Crippen molar-refractivity contribution in [2.45, 2.75) is 82.7 Å². The van der Waals surface area contributed by atoms with Gasteiger partial charge in [-0.2, -0.15) is 0 Å². The number of halogens is 1. The minimum absolute atomic E-state index is 0. The van der Waals surface area contributed by atoms with E-state index in [0.29, 0.717) is 24.3 Å². The zero-order valence-corrected chi connectivity index (χ0v) is 14.0. The zero-order chi connectivity index (χ0) is 13.9. The molecule has 0 aliphatic heterocycles. The number of carbonyl (C=O) groups is 1. The van der Waals surface area contributed by atoms with Crippen molar-refractivity contribution in [3.63, 3.8) is 0 Å². The van der Waals surface area contributed by atoms with Crippen molar-refractivity contribution in [3.8, 4) is 0 Å². The molecule has 0 aromatic carbocycles. The van der Waals surface area contributed by atoms with Crippen molar-refractivity contribution in [3.05, 3.63) is 0 Å². The molecule has 3 fully saturated rings. The second-order valence-corrected chi connectivity index (χ2v) is 7.34. The molecule has 0 heterocycles. The summed E-state index contributed by atoms with van der Waals surface area (Å²) in [5, 5.41) is 0. The van der Waals surface area contributed by atoms with Gasteiger partial charge in [0.25, 0.3) is 0 Å². The van der Waals surface area contributed by atoms with E-state index in [-0.39, 0.29) is 18.4 Å². The molecule has 0 unspecified atom stereocenters. The molecule has 1 amide bonds. The van der Waals surface area contributed by atoms with Crippen LogP contribution >= 0.6 is 12.4 Å². The number of amides is 1. The van der Waals surface area contributed by atoms with Crippen LogP contribution in [0.25, 0.3) is 0 Å². The van der Waals surface area contributed by atoms with Crippen LogP contribution in [0.1, 0.15) is 70.6 Å². The Morgan fingerprint density at radius 3 is 2.24 bits per heavy atom. The fraction of sp³-hybridized carbons (Fsp3) is 0.941. The first-order valence-electron chi connectivity index (χ1n) is 8.79. The van der Waals surface area contributed by atoms with E-state index < -0.39 is 0 Å². The summed E-state index contributed by atoms with van der Waals surface area (Å²) in [6.45, 7) is 1.03. The lowest BCUT2D eigenvalue weighted by molar-refractivity contribution is -0.133. The quantitative estimate of drug-likeness (QED) is 0.844. The highest BCUT2D eigenvalue weighted by molar-refractivity contribution is 5.85. The SMILES string of the molecule is Cl.N[C@@H]1CCC[C@H]1CC(=O)N(CC1CCCCC1)C1CC1. The Morgan fingerprint density at radius 1 is 0.952 bits per heavy atom. The summed E-state index contributed by atoms with van der Waals surface area (Å²) in [7, 11) is 0. The summed E-state index contributed by atoms with van der Waals surface area (Å²) in [5.74, 6) is 1.63. The van der Waals surface area contributed by atoms with Gasteiger partial charge in [-0.25, -0.2) is 0 Å². The van der Waals surface area contributed by atoms with Crippen LogP contribution in [0.3, 0.4) is 0 Å². The average molecular weight is 315 g/mol. The largest absolute Gasteiger partial charge is 0.339 e. The second kappa shape index (κ2) is 7.82. The lowest BCUT2D eigenvalue weighted by Gasteiger charge is -2.31. The molecule has 4 heteroatoms. The maximum atomic E-state index is 12.7. The maximum absolute atomic E-state index is 12.7. The summed E-state index contributed by atoms with van der Waals surface area (Å²) in [4.78, 5) is 14.9. The lowest BCUT2D eigenvalue weighted by Crippen LogP contribution is -2.40. The van der Waals surface area contributed by atoms with Gasteiger partial charge in [-0.1, -0.05) is 25.7 Å². The van der Waals surface area contributed by atoms with Gasteiger partial charge in [0.15, 0.2) is 0 Å². The van der Waals surface area contributed by atoms with Crippen LogP contribution in [-0.2, 0) is 4.79 Å². The highest BCUT2D eigenvalue weighted by atomic mass is 35.5. The molecule has 2 atom stereocenters. The van der Waals surface area contributed by atoms with E-state index in [0.717, 1.165) is 25.3 Å². The van der Waals surface area contributed by atoms with E-state index in [2.05, 4.69) is 4.90 Å². The summed E-state index contributed by atoms with van der Waals surface area (Å²) in [6, 6.07) is 0.844. The van der Waals surface area contributed by atoms with E-state index in [1.807, 2.05) is 0 Å². The van der Waals surface area contributed by atoms with Crippen LogP contribution in [0.5, 0.6) is 0 Å².